The van der Waals surface area contributed by atoms with Gasteiger partial charge < -0.3 is 15.3 Å². The second-order valence-electron chi connectivity index (χ2n) is 6.16. The van der Waals surface area contributed by atoms with Gasteiger partial charge in [0.15, 0.2) is 0 Å². The maximum atomic E-state index is 9.08. The third-order valence-electron chi connectivity index (χ3n) is 4.12. The van der Waals surface area contributed by atoms with E-state index in [0.29, 0.717) is 18.7 Å². The molecule has 0 amide bonds. The maximum Gasteiger partial charge on any atom is 0.0431 e. The van der Waals surface area contributed by atoms with Crippen LogP contribution in [0.2, 0.25) is 0 Å². The highest BCUT2D eigenvalue weighted by atomic mass is 79.9. The van der Waals surface area contributed by atoms with Gasteiger partial charge in [0.2, 0.25) is 0 Å². The Morgan fingerprint density at radius 1 is 1.43 bits per heavy atom. The average molecular weight is 355 g/mol. The van der Waals surface area contributed by atoms with Crippen molar-refractivity contribution in [3.05, 3.63) is 28.2 Å². The Balaban J connectivity index is 2.16. The Kier molecular flexibility index (Phi) is 6.52. The van der Waals surface area contributed by atoms with Crippen molar-refractivity contribution < 1.29 is 5.11 Å². The summed E-state index contributed by atoms with van der Waals surface area (Å²) in [5, 5.41) is 12.6. The first kappa shape index (κ1) is 16.8. The van der Waals surface area contributed by atoms with Crippen molar-refractivity contribution in [2.75, 3.05) is 18.1 Å². The van der Waals surface area contributed by atoms with E-state index in [-0.39, 0.29) is 0 Å². The summed E-state index contributed by atoms with van der Waals surface area (Å²) in [6.45, 7) is 6.68. The zero-order chi connectivity index (χ0) is 15.2. The Morgan fingerprint density at radius 2 is 2.24 bits per heavy atom. The summed E-state index contributed by atoms with van der Waals surface area (Å²) in [5.74, 6) is 0. The van der Waals surface area contributed by atoms with Crippen molar-refractivity contribution >= 4 is 21.6 Å². The van der Waals surface area contributed by atoms with Gasteiger partial charge in [-0.05, 0) is 49.4 Å². The number of hydrogen-bond donors (Lipinski definition) is 2. The molecule has 1 aromatic carbocycles. The third kappa shape index (κ3) is 4.70. The van der Waals surface area contributed by atoms with Crippen LogP contribution in [0, 0.1) is 0 Å². The minimum atomic E-state index is 0.298. The molecule has 1 aliphatic heterocycles. The number of nitrogens with zero attached hydrogens (tertiary/aromatic N) is 1. The first-order chi connectivity index (χ1) is 10.1. The van der Waals surface area contributed by atoms with Gasteiger partial charge in [0, 0.05) is 41.9 Å². The summed E-state index contributed by atoms with van der Waals surface area (Å²) in [7, 11) is 0. The molecule has 1 saturated heterocycles. The summed E-state index contributed by atoms with van der Waals surface area (Å²) in [4.78, 5) is 2.54. The molecule has 0 aliphatic carbocycles. The summed E-state index contributed by atoms with van der Waals surface area (Å²) < 4.78 is 1.14. The monoisotopic (exact) mass is 354 g/mol. The van der Waals surface area contributed by atoms with E-state index in [4.69, 9.17) is 5.11 Å². The quantitative estimate of drug-likeness (QED) is 0.783. The SMILES string of the molecule is CC(C)NCc1cc(Br)ccc1N1CCCC1CCCO. The lowest BCUT2D eigenvalue weighted by Crippen LogP contribution is -2.31. The molecule has 2 rings (SSSR count). The number of aliphatic hydroxyl groups excluding tert-OH is 1. The first-order valence-corrected chi connectivity index (χ1v) is 8.80. The Morgan fingerprint density at radius 3 is 2.95 bits per heavy atom. The number of nitrogens with one attached hydrogen (secondary N) is 1. The second-order valence-corrected chi connectivity index (χ2v) is 7.08. The molecule has 1 atom stereocenters. The van der Waals surface area contributed by atoms with Crippen LogP contribution in [0.3, 0.4) is 0 Å². The van der Waals surface area contributed by atoms with Gasteiger partial charge in [-0.25, -0.2) is 0 Å². The van der Waals surface area contributed by atoms with Gasteiger partial charge in [-0.2, -0.15) is 0 Å². The van der Waals surface area contributed by atoms with Crippen LogP contribution in [0.5, 0.6) is 0 Å². The zero-order valence-electron chi connectivity index (χ0n) is 13.1. The van der Waals surface area contributed by atoms with E-state index >= 15 is 0 Å². The first-order valence-electron chi connectivity index (χ1n) is 8.01. The molecule has 21 heavy (non-hydrogen) atoms. The average Bonchev–Trinajstić information content (AvgIpc) is 2.91. The lowest BCUT2D eigenvalue weighted by molar-refractivity contribution is 0.279. The summed E-state index contributed by atoms with van der Waals surface area (Å²) in [6.07, 6.45) is 4.48. The van der Waals surface area contributed by atoms with Crippen molar-refractivity contribution in [1.82, 2.24) is 5.32 Å². The van der Waals surface area contributed by atoms with Crippen molar-refractivity contribution in [2.24, 2.45) is 0 Å². The second kappa shape index (κ2) is 8.16. The minimum absolute atomic E-state index is 0.298. The predicted molar refractivity (Wildman–Crippen MR) is 92.8 cm³/mol. The van der Waals surface area contributed by atoms with Crippen LogP contribution in [0.1, 0.15) is 45.1 Å². The molecular weight excluding hydrogens is 328 g/mol. The van der Waals surface area contributed by atoms with Crippen molar-refractivity contribution in [2.45, 2.75) is 58.2 Å². The fraction of sp³-hybridized carbons (Fsp3) is 0.647. The molecule has 4 heteroatoms. The number of halogens is 1. The smallest absolute Gasteiger partial charge is 0.0431 e. The van der Waals surface area contributed by atoms with E-state index in [0.717, 1.165) is 30.4 Å². The molecule has 0 saturated carbocycles. The topological polar surface area (TPSA) is 35.5 Å². The molecule has 0 aromatic heterocycles. The summed E-state index contributed by atoms with van der Waals surface area (Å²) >= 11 is 3.59. The molecule has 1 heterocycles. The number of rotatable bonds is 7. The summed E-state index contributed by atoms with van der Waals surface area (Å²) in [5.41, 5.74) is 2.71. The molecule has 1 fully saturated rings. The van der Waals surface area contributed by atoms with Crippen LogP contribution >= 0.6 is 15.9 Å². The van der Waals surface area contributed by atoms with Gasteiger partial charge >= 0.3 is 0 Å². The number of aliphatic hydroxyl groups is 1. The highest BCUT2D eigenvalue weighted by Crippen LogP contribution is 2.32. The van der Waals surface area contributed by atoms with E-state index in [9.17, 15) is 0 Å². The molecule has 2 N–H and O–H groups in total. The Hall–Kier alpha value is -0.580. The van der Waals surface area contributed by atoms with Crippen LogP contribution in [0.4, 0.5) is 5.69 Å². The van der Waals surface area contributed by atoms with Crippen LogP contribution in [0.25, 0.3) is 0 Å². The van der Waals surface area contributed by atoms with E-state index in [1.54, 1.807) is 0 Å². The van der Waals surface area contributed by atoms with Crippen LogP contribution in [-0.2, 0) is 6.54 Å². The molecule has 1 unspecified atom stereocenters. The third-order valence-corrected chi connectivity index (χ3v) is 4.62. The summed E-state index contributed by atoms with van der Waals surface area (Å²) in [6, 6.07) is 7.66. The fourth-order valence-corrected chi connectivity index (χ4v) is 3.48. The van der Waals surface area contributed by atoms with E-state index < -0.39 is 0 Å². The van der Waals surface area contributed by atoms with Crippen molar-refractivity contribution in [3.63, 3.8) is 0 Å². The minimum Gasteiger partial charge on any atom is -0.396 e. The van der Waals surface area contributed by atoms with Gasteiger partial charge in [-0.15, -0.1) is 0 Å². The lowest BCUT2D eigenvalue weighted by atomic mass is 10.1. The number of benzene rings is 1. The van der Waals surface area contributed by atoms with Crippen LogP contribution < -0.4 is 10.2 Å². The predicted octanol–water partition coefficient (Wildman–Crippen LogP) is 3.69. The van der Waals surface area contributed by atoms with Crippen molar-refractivity contribution in [1.29, 1.82) is 0 Å². The fourth-order valence-electron chi connectivity index (χ4n) is 3.07. The van der Waals surface area contributed by atoms with Gasteiger partial charge in [0.25, 0.3) is 0 Å². The highest BCUT2D eigenvalue weighted by Gasteiger charge is 2.25. The standard InChI is InChI=1S/C17H27BrN2O/c1-13(2)19-12-14-11-15(18)7-8-17(14)20-9-3-5-16(20)6-4-10-21/h7-8,11,13,16,19,21H,3-6,9-10,12H2,1-2H3. The van der Waals surface area contributed by atoms with Gasteiger partial charge in [-0.1, -0.05) is 29.8 Å². The molecule has 1 aliphatic rings. The van der Waals surface area contributed by atoms with E-state index in [1.807, 2.05) is 0 Å². The van der Waals surface area contributed by atoms with E-state index in [2.05, 4.69) is 58.2 Å². The highest BCUT2D eigenvalue weighted by molar-refractivity contribution is 9.10. The molecular formula is C17H27BrN2O. The molecule has 0 bridgehead atoms. The maximum absolute atomic E-state index is 9.08. The van der Waals surface area contributed by atoms with Crippen LogP contribution in [-0.4, -0.2) is 30.3 Å². The van der Waals surface area contributed by atoms with Gasteiger partial charge in [0.1, 0.15) is 0 Å². The zero-order valence-corrected chi connectivity index (χ0v) is 14.7. The Labute approximate surface area is 136 Å². The van der Waals surface area contributed by atoms with Gasteiger partial charge in [-0.3, -0.25) is 0 Å². The van der Waals surface area contributed by atoms with E-state index in [1.165, 1.54) is 24.1 Å². The number of hydrogen-bond acceptors (Lipinski definition) is 3. The van der Waals surface area contributed by atoms with Crippen LogP contribution in [0.15, 0.2) is 22.7 Å². The molecule has 0 radical (unpaired) electrons. The molecule has 3 nitrogen and oxygen atoms in total. The largest absolute Gasteiger partial charge is 0.396 e. The molecule has 118 valence electrons. The van der Waals surface area contributed by atoms with Crippen molar-refractivity contribution in [3.8, 4) is 0 Å². The normalized spacial score (nSPS) is 18.7. The lowest BCUT2D eigenvalue weighted by Gasteiger charge is -2.29. The molecule has 0 spiro atoms. The number of anilines is 1. The Bertz CT molecular complexity index is 450. The molecule has 1 aromatic rings. The van der Waals surface area contributed by atoms with Gasteiger partial charge in [0.05, 0.1) is 0 Å².